The smallest absolute Gasteiger partial charge is 0.312 e. The van der Waals surface area contributed by atoms with E-state index in [4.69, 9.17) is 0 Å². The van der Waals surface area contributed by atoms with Crippen LogP contribution in [0.3, 0.4) is 0 Å². The first-order valence-electron chi connectivity index (χ1n) is 7.07. The number of fused-ring (bicyclic) bond motifs is 1. The molecule has 3 rings (SSSR count). The van der Waals surface area contributed by atoms with Crippen LogP contribution in [-0.4, -0.2) is 46.0 Å². The predicted octanol–water partition coefficient (Wildman–Crippen LogP) is 1.30. The van der Waals surface area contributed by atoms with Crippen molar-refractivity contribution in [2.24, 2.45) is 10.8 Å². The second-order valence-electron chi connectivity index (χ2n) is 6.36. The van der Waals surface area contributed by atoms with Crippen LogP contribution >= 0.6 is 0 Å². The van der Waals surface area contributed by atoms with Gasteiger partial charge in [-0.2, -0.15) is 0 Å². The van der Waals surface area contributed by atoms with E-state index in [1.54, 1.807) is 12.1 Å². The van der Waals surface area contributed by atoms with Gasteiger partial charge in [-0.15, -0.1) is 0 Å². The summed E-state index contributed by atoms with van der Waals surface area (Å²) in [5.74, 6) is -2.56. The van der Waals surface area contributed by atoms with Crippen LogP contribution < -0.4 is 0 Å². The van der Waals surface area contributed by atoms with Crippen molar-refractivity contribution in [3.8, 4) is 0 Å². The highest BCUT2D eigenvalue weighted by atomic mass is 16.4. The van der Waals surface area contributed by atoms with Crippen molar-refractivity contribution in [3.63, 3.8) is 0 Å². The lowest BCUT2D eigenvalue weighted by molar-refractivity contribution is -0.151. The third kappa shape index (κ3) is 1.63. The summed E-state index contributed by atoms with van der Waals surface area (Å²) in [6.45, 7) is 3.64. The Balaban J connectivity index is 1.93. The van der Waals surface area contributed by atoms with Gasteiger partial charge in [0.1, 0.15) is 10.8 Å². The van der Waals surface area contributed by atoms with Crippen molar-refractivity contribution in [1.82, 2.24) is 4.90 Å². The molecule has 116 valence electrons. The summed E-state index contributed by atoms with van der Waals surface area (Å²) in [6.07, 6.45) is 0.0985. The van der Waals surface area contributed by atoms with E-state index in [1.807, 2.05) is 19.9 Å². The second kappa shape index (κ2) is 4.32. The number of carboxylic acids is 2. The Hall–Kier alpha value is -2.37. The maximum absolute atomic E-state index is 12.7. The van der Waals surface area contributed by atoms with E-state index in [-0.39, 0.29) is 25.4 Å². The largest absolute Gasteiger partial charge is 0.481 e. The highest BCUT2D eigenvalue weighted by Crippen LogP contribution is 2.68. The van der Waals surface area contributed by atoms with E-state index in [0.29, 0.717) is 5.56 Å². The van der Waals surface area contributed by atoms with Gasteiger partial charge in [0.2, 0.25) is 0 Å². The molecule has 1 saturated heterocycles. The fourth-order valence-corrected chi connectivity index (χ4v) is 3.59. The summed E-state index contributed by atoms with van der Waals surface area (Å²) in [6, 6.07) is 5.35. The lowest BCUT2D eigenvalue weighted by Crippen LogP contribution is -2.35. The molecule has 2 N–H and O–H groups in total. The Kier molecular flexibility index (Phi) is 2.86. The van der Waals surface area contributed by atoms with Gasteiger partial charge in [0.15, 0.2) is 0 Å². The van der Waals surface area contributed by atoms with Crippen LogP contribution in [0.1, 0.15) is 27.9 Å². The van der Waals surface area contributed by atoms with Crippen molar-refractivity contribution < 1.29 is 24.6 Å². The summed E-state index contributed by atoms with van der Waals surface area (Å²) in [4.78, 5) is 37.0. The standard InChI is InChI=1S/C16H17NO5/c1-9-4-3-5-11(10(9)2)12(18)17-7-15(13(19)20)6-16(15,8-17)14(21)22/h3-5H,6-8H2,1-2H3,(H,19,20)(H,21,22)/t15-,16+. The van der Waals surface area contributed by atoms with E-state index in [1.165, 1.54) is 4.90 Å². The van der Waals surface area contributed by atoms with Gasteiger partial charge >= 0.3 is 11.9 Å². The molecule has 0 bridgehead atoms. The van der Waals surface area contributed by atoms with Crippen molar-refractivity contribution in [1.29, 1.82) is 0 Å². The van der Waals surface area contributed by atoms with Gasteiger partial charge in [-0.1, -0.05) is 12.1 Å². The molecular weight excluding hydrogens is 286 g/mol. The molecule has 1 aromatic rings. The Morgan fingerprint density at radius 2 is 1.59 bits per heavy atom. The van der Waals surface area contributed by atoms with Gasteiger partial charge in [0, 0.05) is 18.7 Å². The second-order valence-corrected chi connectivity index (χ2v) is 6.36. The maximum Gasteiger partial charge on any atom is 0.312 e. The molecule has 0 unspecified atom stereocenters. The minimum Gasteiger partial charge on any atom is -0.481 e. The molecule has 1 aliphatic heterocycles. The highest BCUT2D eigenvalue weighted by molar-refractivity contribution is 6.00. The zero-order valence-corrected chi connectivity index (χ0v) is 12.4. The van der Waals surface area contributed by atoms with Crippen molar-refractivity contribution in [3.05, 3.63) is 34.9 Å². The number of aliphatic carboxylic acids is 2. The first kappa shape index (κ1) is 14.6. The van der Waals surface area contributed by atoms with Crippen LogP contribution in [0, 0.1) is 24.7 Å². The molecule has 1 aromatic carbocycles. The molecule has 0 spiro atoms. The SMILES string of the molecule is Cc1cccc(C(=O)N2C[C@@]3(C(=O)O)C[C@@]3(C(=O)O)C2)c1C. The zero-order chi connectivity index (χ0) is 16.3. The summed E-state index contributed by atoms with van der Waals surface area (Å²) < 4.78 is 0. The molecule has 1 saturated carbocycles. The number of aryl methyl sites for hydroxylation is 1. The normalized spacial score (nSPS) is 29.1. The molecule has 22 heavy (non-hydrogen) atoms. The number of likely N-dealkylation sites (tertiary alicyclic amines) is 1. The Morgan fingerprint density at radius 3 is 2.09 bits per heavy atom. The topological polar surface area (TPSA) is 94.9 Å². The minimum atomic E-state index is -1.33. The third-order valence-electron chi connectivity index (χ3n) is 5.26. The minimum absolute atomic E-state index is 0.0408. The monoisotopic (exact) mass is 303 g/mol. The fourth-order valence-electron chi connectivity index (χ4n) is 3.59. The van der Waals surface area contributed by atoms with Crippen LogP contribution in [0.4, 0.5) is 0 Å². The number of piperidine rings is 1. The number of carbonyl (C=O) groups excluding carboxylic acids is 1. The van der Waals surface area contributed by atoms with Crippen molar-refractivity contribution in [2.45, 2.75) is 20.3 Å². The van der Waals surface area contributed by atoms with Gasteiger partial charge in [-0.25, -0.2) is 0 Å². The third-order valence-corrected chi connectivity index (χ3v) is 5.26. The summed E-state index contributed by atoms with van der Waals surface area (Å²) in [5.41, 5.74) is -0.348. The first-order valence-corrected chi connectivity index (χ1v) is 7.07. The molecule has 0 radical (unpaired) electrons. The van der Waals surface area contributed by atoms with Crippen LogP contribution in [-0.2, 0) is 9.59 Å². The quantitative estimate of drug-likeness (QED) is 0.877. The molecule has 2 fully saturated rings. The summed E-state index contributed by atoms with van der Waals surface area (Å²) >= 11 is 0. The average molecular weight is 303 g/mol. The van der Waals surface area contributed by atoms with Crippen LogP contribution in [0.25, 0.3) is 0 Å². The number of nitrogens with zero attached hydrogens (tertiary/aromatic N) is 1. The number of carbonyl (C=O) groups is 3. The number of hydrogen-bond donors (Lipinski definition) is 2. The van der Waals surface area contributed by atoms with Crippen LogP contribution in [0.2, 0.25) is 0 Å². The van der Waals surface area contributed by atoms with E-state index in [2.05, 4.69) is 0 Å². The lowest BCUT2D eigenvalue weighted by atomic mass is 9.97. The van der Waals surface area contributed by atoms with Crippen LogP contribution in [0.5, 0.6) is 0 Å². The van der Waals surface area contributed by atoms with E-state index in [9.17, 15) is 24.6 Å². The van der Waals surface area contributed by atoms with E-state index in [0.717, 1.165) is 11.1 Å². The number of rotatable bonds is 3. The summed E-state index contributed by atoms with van der Waals surface area (Å²) in [7, 11) is 0. The first-order chi connectivity index (χ1) is 10.2. The molecule has 0 aromatic heterocycles. The number of carboxylic acid groups (broad SMARTS) is 2. The van der Waals surface area contributed by atoms with Gasteiger partial charge < -0.3 is 15.1 Å². The van der Waals surface area contributed by atoms with E-state index < -0.39 is 22.8 Å². The van der Waals surface area contributed by atoms with Gasteiger partial charge in [-0.05, 0) is 37.5 Å². The Labute approximate surface area is 127 Å². The molecule has 6 heteroatoms. The predicted molar refractivity (Wildman–Crippen MR) is 76.6 cm³/mol. The lowest BCUT2D eigenvalue weighted by Gasteiger charge is -2.21. The summed E-state index contributed by atoms with van der Waals surface area (Å²) in [5, 5.41) is 18.8. The van der Waals surface area contributed by atoms with Crippen molar-refractivity contribution >= 4 is 17.8 Å². The Bertz CT molecular complexity index is 684. The number of amides is 1. The molecule has 2 atom stereocenters. The van der Waals surface area contributed by atoms with Crippen molar-refractivity contribution in [2.75, 3.05) is 13.1 Å². The van der Waals surface area contributed by atoms with Gasteiger partial charge in [0.05, 0.1) is 0 Å². The molecule has 6 nitrogen and oxygen atoms in total. The molecule has 1 aliphatic carbocycles. The molecular formula is C16H17NO5. The maximum atomic E-state index is 12.7. The fraction of sp³-hybridized carbons (Fsp3) is 0.438. The molecule has 2 aliphatic rings. The zero-order valence-electron chi connectivity index (χ0n) is 12.4. The average Bonchev–Trinajstić information content (AvgIpc) is 3.00. The van der Waals surface area contributed by atoms with Crippen LogP contribution in [0.15, 0.2) is 18.2 Å². The Morgan fingerprint density at radius 1 is 1.05 bits per heavy atom. The van der Waals surface area contributed by atoms with E-state index >= 15 is 0 Å². The molecule has 1 heterocycles. The number of hydrogen-bond acceptors (Lipinski definition) is 3. The number of benzene rings is 1. The highest BCUT2D eigenvalue weighted by Gasteiger charge is 2.81. The van der Waals surface area contributed by atoms with Gasteiger partial charge in [0.25, 0.3) is 5.91 Å². The molecule has 1 amide bonds. The van der Waals surface area contributed by atoms with Gasteiger partial charge in [-0.3, -0.25) is 14.4 Å².